The third-order valence-electron chi connectivity index (χ3n) is 3.25. The average molecular weight is 305 g/mol. The molecule has 1 aliphatic rings. The number of benzene rings is 1. The Balaban J connectivity index is 0.00000180. The van der Waals surface area contributed by atoms with Crippen LogP contribution in [0.2, 0.25) is 0 Å². The van der Waals surface area contributed by atoms with Gasteiger partial charge in [0.05, 0.1) is 4.90 Å². The Morgan fingerprint density at radius 3 is 2.68 bits per heavy atom. The lowest BCUT2D eigenvalue weighted by Crippen LogP contribution is -2.45. The van der Waals surface area contributed by atoms with Crippen molar-refractivity contribution in [1.29, 1.82) is 0 Å². The van der Waals surface area contributed by atoms with Gasteiger partial charge < -0.3 is 5.32 Å². The van der Waals surface area contributed by atoms with Crippen LogP contribution in [0.5, 0.6) is 0 Å². The molecule has 1 atom stereocenters. The Kier molecular flexibility index (Phi) is 5.80. The first-order chi connectivity index (χ1) is 8.49. The number of hydrogen-bond acceptors (Lipinski definition) is 3. The van der Waals surface area contributed by atoms with E-state index in [-0.39, 0.29) is 18.4 Å². The highest BCUT2D eigenvalue weighted by atomic mass is 35.5. The molecule has 1 aromatic rings. The Labute approximate surface area is 121 Å². The van der Waals surface area contributed by atoms with Crippen LogP contribution in [0.3, 0.4) is 0 Å². The Morgan fingerprint density at radius 2 is 2.05 bits per heavy atom. The fourth-order valence-electron chi connectivity index (χ4n) is 2.23. The smallest absolute Gasteiger partial charge is 0.241 e. The number of aryl methyl sites for hydroxylation is 2. The van der Waals surface area contributed by atoms with Crippen LogP contribution in [0.4, 0.5) is 0 Å². The molecule has 1 aliphatic heterocycles. The summed E-state index contributed by atoms with van der Waals surface area (Å²) in [5.41, 5.74) is 1.75. The number of sulfonamides is 1. The largest absolute Gasteiger partial charge is 0.315 e. The van der Waals surface area contributed by atoms with E-state index < -0.39 is 10.0 Å². The molecular formula is C13H21ClN2O2S. The molecule has 1 heterocycles. The average Bonchev–Trinajstić information content (AvgIpc) is 2.33. The normalized spacial score (nSPS) is 19.8. The predicted octanol–water partition coefficient (Wildman–Crippen LogP) is 1.76. The van der Waals surface area contributed by atoms with E-state index in [0.717, 1.165) is 30.5 Å². The van der Waals surface area contributed by atoms with E-state index in [9.17, 15) is 8.42 Å². The van der Waals surface area contributed by atoms with Crippen molar-refractivity contribution in [3.8, 4) is 0 Å². The minimum absolute atomic E-state index is 0. The standard InChI is InChI=1S/C13H20N2O2S.ClH/c1-10-5-6-11(2)13(8-10)18(16,17)15-12-4-3-7-14-9-12;/h5-6,8,12,14-15H,3-4,7,9H2,1-2H3;1H. The van der Waals surface area contributed by atoms with E-state index in [1.807, 2.05) is 26.0 Å². The van der Waals surface area contributed by atoms with Gasteiger partial charge in [-0.15, -0.1) is 12.4 Å². The minimum atomic E-state index is -3.40. The topological polar surface area (TPSA) is 58.2 Å². The molecule has 0 amide bonds. The summed E-state index contributed by atoms with van der Waals surface area (Å²) in [5, 5.41) is 3.21. The zero-order valence-electron chi connectivity index (χ0n) is 11.3. The molecule has 0 aliphatic carbocycles. The van der Waals surface area contributed by atoms with Gasteiger partial charge in [0, 0.05) is 12.6 Å². The van der Waals surface area contributed by atoms with Gasteiger partial charge in [0.15, 0.2) is 0 Å². The molecule has 0 radical (unpaired) electrons. The number of nitrogens with one attached hydrogen (secondary N) is 2. The maximum atomic E-state index is 12.3. The number of halogens is 1. The summed E-state index contributed by atoms with van der Waals surface area (Å²) < 4.78 is 27.5. The summed E-state index contributed by atoms with van der Waals surface area (Å²) in [7, 11) is -3.40. The van der Waals surface area contributed by atoms with Crippen LogP contribution in [0, 0.1) is 13.8 Å². The molecule has 2 N–H and O–H groups in total. The molecule has 6 heteroatoms. The van der Waals surface area contributed by atoms with E-state index in [1.54, 1.807) is 6.07 Å². The Bertz CT molecular complexity index is 525. The quantitative estimate of drug-likeness (QED) is 0.894. The maximum Gasteiger partial charge on any atom is 0.241 e. The highest BCUT2D eigenvalue weighted by Crippen LogP contribution is 2.17. The molecule has 19 heavy (non-hydrogen) atoms. The second-order valence-electron chi connectivity index (χ2n) is 4.93. The van der Waals surface area contributed by atoms with Crippen LogP contribution < -0.4 is 10.0 Å². The number of hydrogen-bond donors (Lipinski definition) is 2. The lowest BCUT2D eigenvalue weighted by molar-refractivity contribution is 0.428. The Hall–Kier alpha value is -0.620. The molecular weight excluding hydrogens is 284 g/mol. The molecule has 1 saturated heterocycles. The molecule has 0 bridgehead atoms. The fraction of sp³-hybridized carbons (Fsp3) is 0.538. The van der Waals surface area contributed by atoms with Gasteiger partial charge in [-0.25, -0.2) is 13.1 Å². The van der Waals surface area contributed by atoms with Crippen LogP contribution >= 0.6 is 12.4 Å². The molecule has 1 unspecified atom stereocenters. The SMILES string of the molecule is Cc1ccc(C)c(S(=O)(=O)NC2CCCNC2)c1.Cl. The van der Waals surface area contributed by atoms with E-state index in [0.29, 0.717) is 11.4 Å². The van der Waals surface area contributed by atoms with Crippen molar-refractivity contribution in [2.24, 2.45) is 0 Å². The summed E-state index contributed by atoms with van der Waals surface area (Å²) in [4.78, 5) is 0.396. The van der Waals surface area contributed by atoms with Crippen LogP contribution in [0.15, 0.2) is 23.1 Å². The molecule has 4 nitrogen and oxygen atoms in total. The maximum absolute atomic E-state index is 12.3. The zero-order valence-corrected chi connectivity index (χ0v) is 12.9. The van der Waals surface area contributed by atoms with E-state index in [4.69, 9.17) is 0 Å². The van der Waals surface area contributed by atoms with Gasteiger partial charge in [0.1, 0.15) is 0 Å². The summed E-state index contributed by atoms with van der Waals surface area (Å²) in [6.45, 7) is 5.42. The van der Waals surface area contributed by atoms with Crippen molar-refractivity contribution in [1.82, 2.24) is 10.0 Å². The van der Waals surface area contributed by atoms with Crippen molar-refractivity contribution in [2.75, 3.05) is 13.1 Å². The number of rotatable bonds is 3. The van der Waals surface area contributed by atoms with Gasteiger partial charge >= 0.3 is 0 Å². The lowest BCUT2D eigenvalue weighted by Gasteiger charge is -2.24. The molecule has 0 aromatic heterocycles. The molecule has 108 valence electrons. The molecule has 0 spiro atoms. The van der Waals surface area contributed by atoms with Gasteiger partial charge in [0.25, 0.3) is 0 Å². The molecule has 1 aromatic carbocycles. The summed E-state index contributed by atoms with van der Waals surface area (Å²) in [6.07, 6.45) is 1.91. The lowest BCUT2D eigenvalue weighted by atomic mass is 10.1. The van der Waals surface area contributed by atoms with Gasteiger partial charge in [-0.2, -0.15) is 0 Å². The molecule has 0 saturated carbocycles. The Morgan fingerprint density at radius 1 is 1.32 bits per heavy atom. The molecule has 1 fully saturated rings. The first-order valence-corrected chi connectivity index (χ1v) is 7.78. The zero-order chi connectivity index (χ0) is 13.2. The van der Waals surface area contributed by atoms with Gasteiger partial charge in [0.2, 0.25) is 10.0 Å². The molecule has 2 rings (SSSR count). The second kappa shape index (κ2) is 6.70. The van der Waals surface area contributed by atoms with E-state index in [2.05, 4.69) is 10.0 Å². The highest BCUT2D eigenvalue weighted by Gasteiger charge is 2.22. The monoisotopic (exact) mass is 304 g/mol. The third kappa shape index (κ3) is 4.18. The van der Waals surface area contributed by atoms with E-state index in [1.165, 1.54) is 0 Å². The van der Waals surface area contributed by atoms with Crippen LogP contribution in [0.1, 0.15) is 24.0 Å². The van der Waals surface area contributed by atoms with Gasteiger partial charge in [-0.1, -0.05) is 12.1 Å². The number of piperidine rings is 1. The van der Waals surface area contributed by atoms with Gasteiger partial charge in [-0.05, 0) is 50.4 Å². The fourth-order valence-corrected chi connectivity index (χ4v) is 3.83. The summed E-state index contributed by atoms with van der Waals surface area (Å²) >= 11 is 0. The highest BCUT2D eigenvalue weighted by molar-refractivity contribution is 7.89. The van der Waals surface area contributed by atoms with E-state index >= 15 is 0 Å². The van der Waals surface area contributed by atoms with Gasteiger partial charge in [-0.3, -0.25) is 0 Å². The van der Waals surface area contributed by atoms with Crippen LogP contribution in [0.25, 0.3) is 0 Å². The van der Waals surface area contributed by atoms with Crippen molar-refractivity contribution in [2.45, 2.75) is 37.6 Å². The van der Waals surface area contributed by atoms with Crippen molar-refractivity contribution in [3.63, 3.8) is 0 Å². The first-order valence-electron chi connectivity index (χ1n) is 6.29. The van der Waals surface area contributed by atoms with Crippen LogP contribution in [-0.2, 0) is 10.0 Å². The second-order valence-corrected chi connectivity index (χ2v) is 6.62. The van der Waals surface area contributed by atoms with Crippen molar-refractivity contribution in [3.05, 3.63) is 29.3 Å². The third-order valence-corrected chi connectivity index (χ3v) is 4.91. The van der Waals surface area contributed by atoms with Crippen LogP contribution in [-0.4, -0.2) is 27.5 Å². The summed E-state index contributed by atoms with van der Waals surface area (Å²) in [5.74, 6) is 0. The first kappa shape index (κ1) is 16.4. The predicted molar refractivity (Wildman–Crippen MR) is 79.4 cm³/mol. The van der Waals surface area contributed by atoms with Crippen molar-refractivity contribution >= 4 is 22.4 Å². The minimum Gasteiger partial charge on any atom is -0.315 e. The summed E-state index contributed by atoms with van der Waals surface area (Å²) in [6, 6.07) is 5.51. The van der Waals surface area contributed by atoms with Crippen molar-refractivity contribution < 1.29 is 8.42 Å².